The molecule has 2 aromatic rings. The third-order valence-corrected chi connectivity index (χ3v) is 3.23. The highest BCUT2D eigenvalue weighted by Gasteiger charge is 2.13. The molecule has 0 bridgehead atoms. The molecular formula is C18H20O2. The molecule has 2 aromatic carbocycles. The molecule has 0 heterocycles. The first kappa shape index (κ1) is 14.5. The van der Waals surface area contributed by atoms with Crippen LogP contribution in [-0.4, -0.2) is 12.4 Å². The first-order valence-electron chi connectivity index (χ1n) is 6.92. The summed E-state index contributed by atoms with van der Waals surface area (Å²) in [7, 11) is 0. The Bertz CT molecular complexity index is 559. The highest BCUT2D eigenvalue weighted by Crippen LogP contribution is 2.19. The van der Waals surface area contributed by atoms with E-state index in [-0.39, 0.29) is 12.4 Å². The van der Waals surface area contributed by atoms with Crippen LogP contribution < -0.4 is 0 Å². The highest BCUT2D eigenvalue weighted by atomic mass is 16.5. The zero-order valence-electron chi connectivity index (χ0n) is 12.0. The minimum Gasteiger partial charge on any atom is -0.369 e. The van der Waals surface area contributed by atoms with E-state index in [1.807, 2.05) is 54.6 Å². The van der Waals surface area contributed by atoms with Crippen molar-refractivity contribution in [3.8, 4) is 0 Å². The number of ether oxygens (including phenoxy) is 1. The highest BCUT2D eigenvalue weighted by molar-refractivity contribution is 5.98. The van der Waals surface area contributed by atoms with Crippen LogP contribution in [0.1, 0.15) is 41.3 Å². The lowest BCUT2D eigenvalue weighted by Crippen LogP contribution is -2.12. The first-order valence-corrected chi connectivity index (χ1v) is 6.92. The summed E-state index contributed by atoms with van der Waals surface area (Å²) in [5.74, 6) is 0.384. The molecule has 2 heteroatoms. The predicted octanol–water partition coefficient (Wildman–Crippen LogP) is 4.21. The van der Waals surface area contributed by atoms with E-state index in [0.717, 1.165) is 16.7 Å². The van der Waals surface area contributed by atoms with E-state index in [9.17, 15) is 4.79 Å². The molecule has 0 saturated carbocycles. The number of carbonyl (C=O) groups is 1. The Kier molecular flexibility index (Phi) is 5.08. The minimum absolute atomic E-state index is 0.0465. The standard InChI is InChI=1S/C18H20O2/c1-14(2)16-10-6-7-11-17(16)18(19)13-20-12-15-8-4-3-5-9-15/h3-11,14H,12-13H2,1-2H3. The van der Waals surface area contributed by atoms with E-state index in [1.165, 1.54) is 0 Å². The lowest BCUT2D eigenvalue weighted by atomic mass is 9.95. The van der Waals surface area contributed by atoms with Gasteiger partial charge in [0.25, 0.3) is 0 Å². The summed E-state index contributed by atoms with van der Waals surface area (Å²) in [4.78, 5) is 12.2. The van der Waals surface area contributed by atoms with Gasteiger partial charge in [-0.1, -0.05) is 68.4 Å². The number of Topliss-reactive ketones (excluding diaryl/α,β-unsaturated/α-hetero) is 1. The van der Waals surface area contributed by atoms with Crippen molar-refractivity contribution in [1.29, 1.82) is 0 Å². The summed E-state index contributed by atoms with van der Waals surface area (Å²) >= 11 is 0. The predicted molar refractivity (Wildman–Crippen MR) is 81.0 cm³/mol. The van der Waals surface area contributed by atoms with Crippen LogP contribution in [0.15, 0.2) is 54.6 Å². The number of ketones is 1. The average Bonchev–Trinajstić information content (AvgIpc) is 2.48. The Balaban J connectivity index is 1.96. The van der Waals surface area contributed by atoms with E-state index >= 15 is 0 Å². The van der Waals surface area contributed by atoms with Gasteiger partial charge in [-0.05, 0) is 17.0 Å². The summed E-state index contributed by atoms with van der Waals surface area (Å²) in [5.41, 5.74) is 2.94. The SMILES string of the molecule is CC(C)c1ccccc1C(=O)COCc1ccccc1. The second kappa shape index (κ2) is 7.01. The van der Waals surface area contributed by atoms with Gasteiger partial charge in [-0.15, -0.1) is 0 Å². The van der Waals surface area contributed by atoms with E-state index in [2.05, 4.69) is 13.8 Å². The number of benzene rings is 2. The van der Waals surface area contributed by atoms with Crippen molar-refractivity contribution in [3.63, 3.8) is 0 Å². The van der Waals surface area contributed by atoms with Crippen LogP contribution in [0.3, 0.4) is 0 Å². The van der Waals surface area contributed by atoms with Gasteiger partial charge in [-0.2, -0.15) is 0 Å². The molecule has 0 aliphatic rings. The minimum atomic E-state index is 0.0465. The van der Waals surface area contributed by atoms with Gasteiger partial charge in [0.2, 0.25) is 0 Å². The topological polar surface area (TPSA) is 26.3 Å². The second-order valence-electron chi connectivity index (χ2n) is 5.14. The number of hydrogen-bond donors (Lipinski definition) is 0. The molecule has 0 fully saturated rings. The summed E-state index contributed by atoms with van der Waals surface area (Å²) < 4.78 is 5.52. The summed E-state index contributed by atoms with van der Waals surface area (Å²) in [6.07, 6.45) is 0. The van der Waals surface area contributed by atoms with E-state index in [4.69, 9.17) is 4.74 Å². The molecule has 0 N–H and O–H groups in total. The lowest BCUT2D eigenvalue weighted by Gasteiger charge is -2.11. The third-order valence-electron chi connectivity index (χ3n) is 3.23. The summed E-state index contributed by atoms with van der Waals surface area (Å²) in [5, 5.41) is 0. The molecule has 0 atom stereocenters. The monoisotopic (exact) mass is 268 g/mol. The van der Waals surface area contributed by atoms with E-state index < -0.39 is 0 Å². The van der Waals surface area contributed by atoms with Gasteiger partial charge in [0.15, 0.2) is 5.78 Å². The van der Waals surface area contributed by atoms with Crippen molar-refractivity contribution in [1.82, 2.24) is 0 Å². The molecule has 0 aliphatic carbocycles. The molecule has 0 spiro atoms. The van der Waals surface area contributed by atoms with E-state index in [0.29, 0.717) is 12.5 Å². The molecular weight excluding hydrogens is 248 g/mol. The molecule has 0 unspecified atom stereocenters. The van der Waals surface area contributed by atoms with E-state index in [1.54, 1.807) is 0 Å². The molecule has 20 heavy (non-hydrogen) atoms. The number of carbonyl (C=O) groups excluding carboxylic acids is 1. The van der Waals surface area contributed by atoms with Crippen molar-refractivity contribution >= 4 is 5.78 Å². The maximum Gasteiger partial charge on any atom is 0.188 e. The van der Waals surface area contributed by atoms with Crippen molar-refractivity contribution in [2.75, 3.05) is 6.61 Å². The largest absolute Gasteiger partial charge is 0.369 e. The van der Waals surface area contributed by atoms with Gasteiger partial charge in [0, 0.05) is 5.56 Å². The van der Waals surface area contributed by atoms with Gasteiger partial charge >= 0.3 is 0 Å². The van der Waals surface area contributed by atoms with Crippen LogP contribution in [0.5, 0.6) is 0 Å². The maximum atomic E-state index is 12.2. The van der Waals surface area contributed by atoms with Crippen LogP contribution >= 0.6 is 0 Å². The zero-order valence-corrected chi connectivity index (χ0v) is 12.0. The van der Waals surface area contributed by atoms with Crippen molar-refractivity contribution < 1.29 is 9.53 Å². The van der Waals surface area contributed by atoms with Crippen LogP contribution in [-0.2, 0) is 11.3 Å². The second-order valence-corrected chi connectivity index (χ2v) is 5.14. The molecule has 0 saturated heterocycles. The van der Waals surface area contributed by atoms with Gasteiger partial charge in [-0.3, -0.25) is 4.79 Å². The lowest BCUT2D eigenvalue weighted by molar-refractivity contribution is 0.0725. The maximum absolute atomic E-state index is 12.2. The molecule has 0 aliphatic heterocycles. The van der Waals surface area contributed by atoms with Crippen LogP contribution in [0, 0.1) is 0 Å². The van der Waals surface area contributed by atoms with Crippen LogP contribution in [0.2, 0.25) is 0 Å². The molecule has 0 amide bonds. The fraction of sp³-hybridized carbons (Fsp3) is 0.278. The van der Waals surface area contributed by atoms with Gasteiger partial charge < -0.3 is 4.74 Å². The third kappa shape index (κ3) is 3.78. The Morgan fingerprint density at radius 3 is 2.35 bits per heavy atom. The fourth-order valence-electron chi connectivity index (χ4n) is 2.17. The smallest absolute Gasteiger partial charge is 0.188 e. The van der Waals surface area contributed by atoms with Crippen molar-refractivity contribution in [2.45, 2.75) is 26.4 Å². The van der Waals surface area contributed by atoms with Crippen molar-refractivity contribution in [2.24, 2.45) is 0 Å². The Morgan fingerprint density at radius 1 is 1.00 bits per heavy atom. The summed E-state index contributed by atoms with van der Waals surface area (Å²) in [6.45, 7) is 4.78. The molecule has 2 rings (SSSR count). The molecule has 2 nitrogen and oxygen atoms in total. The Hall–Kier alpha value is -1.93. The molecule has 104 valence electrons. The fourth-order valence-corrected chi connectivity index (χ4v) is 2.17. The van der Waals surface area contributed by atoms with Gasteiger partial charge in [0.05, 0.1) is 6.61 Å². The number of hydrogen-bond acceptors (Lipinski definition) is 2. The summed E-state index contributed by atoms with van der Waals surface area (Å²) in [6, 6.07) is 17.6. The first-order chi connectivity index (χ1) is 9.68. The Labute approximate surface area is 120 Å². The zero-order chi connectivity index (χ0) is 14.4. The average molecular weight is 268 g/mol. The van der Waals surface area contributed by atoms with Gasteiger partial charge in [0.1, 0.15) is 6.61 Å². The quantitative estimate of drug-likeness (QED) is 0.734. The molecule has 0 aromatic heterocycles. The number of rotatable bonds is 6. The normalized spacial score (nSPS) is 10.8. The van der Waals surface area contributed by atoms with Crippen molar-refractivity contribution in [3.05, 3.63) is 71.3 Å². The Morgan fingerprint density at radius 2 is 1.65 bits per heavy atom. The van der Waals surface area contributed by atoms with Crippen LogP contribution in [0.4, 0.5) is 0 Å². The molecule has 0 radical (unpaired) electrons. The van der Waals surface area contributed by atoms with Gasteiger partial charge in [-0.25, -0.2) is 0 Å². The van der Waals surface area contributed by atoms with Crippen LogP contribution in [0.25, 0.3) is 0 Å².